The number of piperazine rings is 1. The molecule has 0 spiro atoms. The van der Waals surface area contributed by atoms with E-state index >= 15 is 0 Å². The number of anilines is 2. The van der Waals surface area contributed by atoms with Crippen molar-refractivity contribution in [2.75, 3.05) is 56.7 Å². The van der Waals surface area contributed by atoms with Gasteiger partial charge in [0.1, 0.15) is 12.1 Å². The van der Waals surface area contributed by atoms with E-state index in [-0.39, 0.29) is 12.5 Å². The zero-order valence-corrected chi connectivity index (χ0v) is 28.2. The molecule has 11 nitrogen and oxygen atoms in total. The second-order valence-electron chi connectivity index (χ2n) is 12.2. The Balaban J connectivity index is 1.32. The van der Waals surface area contributed by atoms with Crippen LogP contribution >= 0.6 is 11.6 Å². The normalized spacial score (nSPS) is 14.4. The highest BCUT2D eigenvalue weighted by Crippen LogP contribution is 2.31. The second-order valence-corrected chi connectivity index (χ2v) is 14.6. The van der Waals surface area contributed by atoms with Gasteiger partial charge in [-0.2, -0.15) is 4.31 Å². The minimum absolute atomic E-state index is 0.190. The Bertz CT molecular complexity index is 1670. The maximum absolute atomic E-state index is 12.9. The summed E-state index contributed by atoms with van der Waals surface area (Å²) < 4.78 is 30.2. The summed E-state index contributed by atoms with van der Waals surface area (Å²) >= 11 is 6.47. The van der Waals surface area contributed by atoms with Gasteiger partial charge in [-0.15, -0.1) is 0 Å². The third-order valence-corrected chi connectivity index (χ3v) is 8.85. The van der Waals surface area contributed by atoms with E-state index in [9.17, 15) is 22.8 Å². The van der Waals surface area contributed by atoms with Gasteiger partial charge in [0.2, 0.25) is 15.9 Å². The van der Waals surface area contributed by atoms with Crippen LogP contribution in [-0.2, 0) is 26.1 Å². The molecule has 0 aliphatic carbocycles. The molecule has 0 aromatic heterocycles. The molecule has 3 aromatic carbocycles. The predicted molar refractivity (Wildman–Crippen MR) is 180 cm³/mol. The summed E-state index contributed by atoms with van der Waals surface area (Å²) in [6, 6.07) is 19.6. The smallest absolute Gasteiger partial charge is 0.410 e. The molecular formula is C33H40ClN5O6S. The Morgan fingerprint density at radius 3 is 2.09 bits per heavy atom. The van der Waals surface area contributed by atoms with Crippen LogP contribution < -0.4 is 10.6 Å². The van der Waals surface area contributed by atoms with Crippen molar-refractivity contribution in [3.05, 3.63) is 82.9 Å². The molecule has 2 N–H and O–H groups in total. The number of halogens is 1. The first kappa shape index (κ1) is 34.9. The SMILES string of the molecule is CN(CC(=O)Nc1ccc(Cl)c(-c2ccc(C(=O)Nc3ccc(CN4CCN(S(C)(=O)=O)CC4)cc3)cc2)c1)C(=O)OC(C)(C)C. The fraction of sp³-hybridized carbons (Fsp3) is 0.364. The van der Waals surface area contributed by atoms with E-state index in [0.717, 1.165) is 11.1 Å². The molecule has 1 fully saturated rings. The molecule has 1 saturated heterocycles. The summed E-state index contributed by atoms with van der Waals surface area (Å²) in [7, 11) is -1.67. The van der Waals surface area contributed by atoms with E-state index in [4.69, 9.17) is 16.3 Å². The number of nitrogens with one attached hydrogen (secondary N) is 2. The molecule has 246 valence electrons. The van der Waals surface area contributed by atoms with E-state index in [0.29, 0.717) is 60.2 Å². The zero-order valence-electron chi connectivity index (χ0n) is 26.7. The largest absolute Gasteiger partial charge is 0.444 e. The van der Waals surface area contributed by atoms with E-state index in [1.54, 1.807) is 63.2 Å². The average molecular weight is 670 g/mol. The number of benzene rings is 3. The Hall–Kier alpha value is -3.97. The van der Waals surface area contributed by atoms with Gasteiger partial charge in [0.15, 0.2) is 0 Å². The highest BCUT2D eigenvalue weighted by Gasteiger charge is 2.24. The zero-order chi connectivity index (χ0) is 33.6. The van der Waals surface area contributed by atoms with Crippen molar-refractivity contribution < 1.29 is 27.5 Å². The molecule has 3 aromatic rings. The minimum Gasteiger partial charge on any atom is -0.444 e. The predicted octanol–water partition coefficient (Wildman–Crippen LogP) is 5.14. The first-order valence-corrected chi connectivity index (χ1v) is 17.0. The Kier molecular flexibility index (Phi) is 11.1. The molecule has 1 aliphatic heterocycles. The molecule has 1 heterocycles. The summed E-state index contributed by atoms with van der Waals surface area (Å²) in [6.07, 6.45) is 0.639. The van der Waals surface area contributed by atoms with Crippen LogP contribution in [0, 0.1) is 0 Å². The number of ether oxygens (including phenoxy) is 1. The maximum atomic E-state index is 12.9. The number of hydrogen-bond acceptors (Lipinski definition) is 7. The topological polar surface area (TPSA) is 128 Å². The van der Waals surface area contributed by atoms with E-state index in [2.05, 4.69) is 15.5 Å². The number of nitrogens with zero attached hydrogens (tertiary/aromatic N) is 3. The standard InChI is InChI=1S/C33H40ClN5O6S/c1-33(2,3)45-32(42)37(4)22-30(40)35-27-14-15-29(34)28(20-27)24-8-10-25(11-9-24)31(41)36-26-12-6-23(7-13-26)21-38-16-18-39(19-17-38)46(5,43)44/h6-15,20H,16-19,21-22H2,1-5H3,(H,35,40)(H,36,41). The third kappa shape index (κ3) is 10.0. The first-order valence-electron chi connectivity index (χ1n) is 14.8. The van der Waals surface area contributed by atoms with Gasteiger partial charge >= 0.3 is 6.09 Å². The number of sulfonamides is 1. The molecule has 0 radical (unpaired) electrons. The Morgan fingerprint density at radius 2 is 1.50 bits per heavy atom. The van der Waals surface area contributed by atoms with Crippen LogP contribution in [0.25, 0.3) is 11.1 Å². The number of carbonyl (C=O) groups excluding carboxylic acids is 3. The Morgan fingerprint density at radius 1 is 0.891 bits per heavy atom. The number of likely N-dealkylation sites (N-methyl/N-ethyl adjacent to an activating group) is 1. The van der Waals surface area contributed by atoms with Gasteiger partial charge < -0.3 is 20.3 Å². The first-order chi connectivity index (χ1) is 21.6. The van der Waals surface area contributed by atoms with Gasteiger partial charge in [0.05, 0.1) is 6.26 Å². The van der Waals surface area contributed by atoms with Crippen molar-refractivity contribution in [2.24, 2.45) is 0 Å². The fourth-order valence-electron chi connectivity index (χ4n) is 4.82. The molecule has 0 unspecified atom stereocenters. The quantitative estimate of drug-likeness (QED) is 0.323. The molecule has 4 rings (SSSR count). The molecular weight excluding hydrogens is 630 g/mol. The van der Waals surface area contributed by atoms with Gasteiger partial charge in [-0.1, -0.05) is 35.9 Å². The van der Waals surface area contributed by atoms with Crippen LogP contribution in [0.4, 0.5) is 16.2 Å². The number of carbonyl (C=O) groups is 3. The number of rotatable bonds is 9. The van der Waals surface area contributed by atoms with Crippen LogP contribution in [0.3, 0.4) is 0 Å². The summed E-state index contributed by atoms with van der Waals surface area (Å²) in [6.45, 7) is 8.06. The monoisotopic (exact) mass is 669 g/mol. The van der Waals surface area contributed by atoms with E-state index in [1.165, 1.54) is 22.5 Å². The summed E-state index contributed by atoms with van der Waals surface area (Å²) in [4.78, 5) is 41.1. The third-order valence-electron chi connectivity index (χ3n) is 7.21. The second kappa shape index (κ2) is 14.6. The molecule has 0 bridgehead atoms. The molecule has 46 heavy (non-hydrogen) atoms. The van der Waals surface area contributed by atoms with Gasteiger partial charge in [0.25, 0.3) is 5.91 Å². The van der Waals surface area contributed by atoms with Crippen molar-refractivity contribution >= 4 is 50.9 Å². The lowest BCUT2D eigenvalue weighted by Gasteiger charge is -2.33. The highest BCUT2D eigenvalue weighted by atomic mass is 35.5. The van der Waals surface area contributed by atoms with Crippen LogP contribution in [0.1, 0.15) is 36.7 Å². The van der Waals surface area contributed by atoms with Crippen molar-refractivity contribution in [3.63, 3.8) is 0 Å². The molecule has 1 aliphatic rings. The lowest BCUT2D eigenvalue weighted by molar-refractivity contribution is -0.117. The Labute approximate surface area is 275 Å². The average Bonchev–Trinajstić information content (AvgIpc) is 2.98. The van der Waals surface area contributed by atoms with E-state index < -0.39 is 27.6 Å². The van der Waals surface area contributed by atoms with Gasteiger partial charge in [-0.3, -0.25) is 14.5 Å². The lowest BCUT2D eigenvalue weighted by Crippen LogP contribution is -2.47. The van der Waals surface area contributed by atoms with Gasteiger partial charge in [0, 0.05) is 67.3 Å². The fourth-order valence-corrected chi connectivity index (χ4v) is 5.87. The summed E-state index contributed by atoms with van der Waals surface area (Å²) in [5.74, 6) is -0.661. The van der Waals surface area contributed by atoms with Gasteiger partial charge in [-0.25, -0.2) is 13.2 Å². The van der Waals surface area contributed by atoms with Crippen LogP contribution in [-0.4, -0.2) is 92.1 Å². The van der Waals surface area contributed by atoms with Crippen molar-refractivity contribution in [1.29, 1.82) is 0 Å². The number of hydrogen-bond donors (Lipinski definition) is 2. The van der Waals surface area contributed by atoms with Crippen molar-refractivity contribution in [2.45, 2.75) is 32.9 Å². The number of amides is 3. The van der Waals surface area contributed by atoms with Crippen LogP contribution in [0.2, 0.25) is 5.02 Å². The maximum Gasteiger partial charge on any atom is 0.410 e. The van der Waals surface area contributed by atoms with Crippen molar-refractivity contribution in [3.8, 4) is 11.1 Å². The highest BCUT2D eigenvalue weighted by molar-refractivity contribution is 7.88. The molecule has 0 atom stereocenters. The van der Waals surface area contributed by atoms with Crippen molar-refractivity contribution in [1.82, 2.24) is 14.1 Å². The minimum atomic E-state index is -3.16. The van der Waals surface area contributed by atoms with Crippen LogP contribution in [0.5, 0.6) is 0 Å². The summed E-state index contributed by atoms with van der Waals surface area (Å²) in [5, 5.41) is 6.16. The molecule has 3 amide bonds. The molecule has 0 saturated carbocycles. The lowest BCUT2D eigenvalue weighted by atomic mass is 10.0. The molecule has 13 heteroatoms. The van der Waals surface area contributed by atoms with E-state index in [1.807, 2.05) is 24.3 Å². The van der Waals surface area contributed by atoms with Crippen LogP contribution in [0.15, 0.2) is 66.7 Å². The van der Waals surface area contributed by atoms with Gasteiger partial charge in [-0.05, 0) is 74.4 Å². The summed E-state index contributed by atoms with van der Waals surface area (Å²) in [5.41, 5.74) is 3.44.